The van der Waals surface area contributed by atoms with E-state index in [0.29, 0.717) is 29.1 Å². The van der Waals surface area contributed by atoms with E-state index in [0.717, 1.165) is 63.9 Å². The van der Waals surface area contributed by atoms with E-state index >= 15 is 8.78 Å². The fraction of sp³-hybridized carbons (Fsp3) is 0.677. The maximum absolute atomic E-state index is 15.1. The van der Waals surface area contributed by atoms with Gasteiger partial charge in [-0.25, -0.2) is 8.78 Å². The summed E-state index contributed by atoms with van der Waals surface area (Å²) in [5, 5.41) is 0. The predicted molar refractivity (Wildman–Crippen MR) is 137 cm³/mol. The third-order valence-electron chi connectivity index (χ3n) is 8.70. The van der Waals surface area contributed by atoms with Crippen molar-refractivity contribution in [2.75, 3.05) is 6.61 Å². The second-order valence-corrected chi connectivity index (χ2v) is 11.1. The standard InChI is InChI=1S/C31H44F2O/c1-3-5-22-7-13-25(14-8-22)28-19-20-29(31(33)30(28)32)26-15-9-24(10-16-26)21-34-27-17-11-23(6-4-2)12-18-27/h4,6-7,13,19-20,22-27H,3,5,8-12,14-18,21H2,1-2H3. The van der Waals surface area contributed by atoms with E-state index in [2.05, 4.69) is 38.2 Å². The van der Waals surface area contributed by atoms with Crippen LogP contribution in [-0.2, 0) is 4.74 Å². The van der Waals surface area contributed by atoms with E-state index in [1.165, 1.54) is 25.7 Å². The molecular formula is C31H44F2O. The molecule has 188 valence electrons. The number of benzene rings is 1. The zero-order valence-electron chi connectivity index (χ0n) is 21.3. The van der Waals surface area contributed by atoms with Crippen molar-refractivity contribution in [2.24, 2.45) is 17.8 Å². The molecule has 0 bridgehead atoms. The lowest BCUT2D eigenvalue weighted by molar-refractivity contribution is -0.00463. The van der Waals surface area contributed by atoms with Crippen molar-refractivity contribution in [1.82, 2.24) is 0 Å². The number of rotatable bonds is 8. The lowest BCUT2D eigenvalue weighted by Gasteiger charge is -2.32. The summed E-state index contributed by atoms with van der Waals surface area (Å²) in [6.07, 6.45) is 22.3. The minimum Gasteiger partial charge on any atom is -0.378 e. The van der Waals surface area contributed by atoms with Gasteiger partial charge in [-0.2, -0.15) is 0 Å². The quantitative estimate of drug-likeness (QED) is 0.344. The van der Waals surface area contributed by atoms with Gasteiger partial charge in [0.1, 0.15) is 0 Å². The van der Waals surface area contributed by atoms with Gasteiger partial charge in [-0.05, 0) is 112 Å². The Morgan fingerprint density at radius 1 is 0.853 bits per heavy atom. The predicted octanol–water partition coefficient (Wildman–Crippen LogP) is 9.24. The first-order chi connectivity index (χ1) is 16.6. The molecule has 0 aromatic heterocycles. The molecule has 0 N–H and O–H groups in total. The molecule has 4 rings (SSSR count). The van der Waals surface area contributed by atoms with Crippen LogP contribution in [0, 0.1) is 29.4 Å². The largest absolute Gasteiger partial charge is 0.378 e. The zero-order chi connectivity index (χ0) is 23.9. The number of allylic oxidation sites excluding steroid dienone is 4. The molecule has 0 amide bonds. The molecule has 0 saturated heterocycles. The molecule has 1 aromatic rings. The summed E-state index contributed by atoms with van der Waals surface area (Å²) >= 11 is 0. The van der Waals surface area contributed by atoms with Crippen molar-refractivity contribution in [2.45, 2.75) is 109 Å². The Hall–Kier alpha value is -1.48. The molecule has 3 heteroatoms. The first-order valence-electron chi connectivity index (χ1n) is 14.0. The zero-order valence-corrected chi connectivity index (χ0v) is 21.3. The number of hydrogen-bond donors (Lipinski definition) is 0. The molecule has 0 heterocycles. The van der Waals surface area contributed by atoms with E-state index in [4.69, 9.17) is 4.74 Å². The molecule has 1 nitrogen and oxygen atoms in total. The first-order valence-corrected chi connectivity index (χ1v) is 14.0. The monoisotopic (exact) mass is 470 g/mol. The molecule has 0 spiro atoms. The summed E-state index contributed by atoms with van der Waals surface area (Å²) in [4.78, 5) is 0. The maximum atomic E-state index is 15.1. The summed E-state index contributed by atoms with van der Waals surface area (Å²) in [7, 11) is 0. The van der Waals surface area contributed by atoms with E-state index in [1.807, 2.05) is 12.1 Å². The molecule has 1 aromatic carbocycles. The highest BCUT2D eigenvalue weighted by atomic mass is 19.2. The van der Waals surface area contributed by atoms with Gasteiger partial charge in [0.25, 0.3) is 0 Å². The second kappa shape index (κ2) is 12.5. The van der Waals surface area contributed by atoms with Crippen molar-refractivity contribution >= 4 is 0 Å². The van der Waals surface area contributed by atoms with E-state index in [1.54, 1.807) is 0 Å². The molecule has 2 atom stereocenters. The SMILES string of the molecule is CC=CC1CCC(OCC2CCC(c3ccc(C4C=CC(CCC)CC4)c(F)c3F)CC2)CC1. The Labute approximate surface area is 206 Å². The average molecular weight is 471 g/mol. The van der Waals surface area contributed by atoms with Gasteiger partial charge in [0.2, 0.25) is 0 Å². The summed E-state index contributed by atoms with van der Waals surface area (Å²) in [5.41, 5.74) is 1.13. The number of hydrogen-bond acceptors (Lipinski definition) is 1. The second-order valence-electron chi connectivity index (χ2n) is 11.1. The Bertz CT molecular complexity index is 828. The van der Waals surface area contributed by atoms with Crippen LogP contribution in [0.25, 0.3) is 0 Å². The Kier molecular flexibility index (Phi) is 9.39. The van der Waals surface area contributed by atoms with Crippen LogP contribution < -0.4 is 0 Å². The van der Waals surface area contributed by atoms with Crippen molar-refractivity contribution in [3.8, 4) is 0 Å². The van der Waals surface area contributed by atoms with Crippen LogP contribution in [0.1, 0.15) is 114 Å². The number of halogens is 2. The highest BCUT2D eigenvalue weighted by Crippen LogP contribution is 2.40. The lowest BCUT2D eigenvalue weighted by atomic mass is 9.77. The van der Waals surface area contributed by atoms with Gasteiger partial charge in [-0.1, -0.05) is 49.8 Å². The first kappa shape index (κ1) is 25.6. The normalized spacial score (nSPS) is 32.4. The van der Waals surface area contributed by atoms with Gasteiger partial charge in [0.15, 0.2) is 11.6 Å². The van der Waals surface area contributed by atoms with Crippen LogP contribution in [0.2, 0.25) is 0 Å². The van der Waals surface area contributed by atoms with Crippen LogP contribution in [0.15, 0.2) is 36.4 Å². The Morgan fingerprint density at radius 2 is 1.56 bits per heavy atom. The summed E-state index contributed by atoms with van der Waals surface area (Å²) < 4.78 is 36.5. The van der Waals surface area contributed by atoms with Crippen LogP contribution in [0.5, 0.6) is 0 Å². The topological polar surface area (TPSA) is 9.23 Å². The molecule has 2 unspecified atom stereocenters. The van der Waals surface area contributed by atoms with Crippen LogP contribution in [-0.4, -0.2) is 12.7 Å². The molecule has 0 aliphatic heterocycles. The van der Waals surface area contributed by atoms with E-state index in [9.17, 15) is 0 Å². The lowest BCUT2D eigenvalue weighted by Crippen LogP contribution is -2.25. The van der Waals surface area contributed by atoms with Gasteiger partial charge in [0, 0.05) is 12.5 Å². The molecule has 3 aliphatic rings. The smallest absolute Gasteiger partial charge is 0.162 e. The highest BCUT2D eigenvalue weighted by molar-refractivity contribution is 5.34. The minimum absolute atomic E-state index is 0.0117. The Morgan fingerprint density at radius 3 is 2.21 bits per heavy atom. The van der Waals surface area contributed by atoms with E-state index in [-0.39, 0.29) is 11.8 Å². The fourth-order valence-corrected chi connectivity index (χ4v) is 6.56. The van der Waals surface area contributed by atoms with Crippen molar-refractivity contribution in [3.05, 3.63) is 59.2 Å². The maximum Gasteiger partial charge on any atom is 0.162 e. The van der Waals surface area contributed by atoms with Gasteiger partial charge in [0.05, 0.1) is 6.10 Å². The van der Waals surface area contributed by atoms with E-state index < -0.39 is 11.6 Å². The number of ether oxygens (including phenoxy) is 1. The van der Waals surface area contributed by atoms with Gasteiger partial charge in [-0.15, -0.1) is 0 Å². The van der Waals surface area contributed by atoms with Crippen molar-refractivity contribution in [3.63, 3.8) is 0 Å². The molecule has 34 heavy (non-hydrogen) atoms. The van der Waals surface area contributed by atoms with Crippen LogP contribution in [0.3, 0.4) is 0 Å². The van der Waals surface area contributed by atoms with Crippen molar-refractivity contribution in [1.29, 1.82) is 0 Å². The van der Waals surface area contributed by atoms with Crippen LogP contribution in [0.4, 0.5) is 8.78 Å². The Balaban J connectivity index is 1.26. The molecule has 3 aliphatic carbocycles. The molecule has 2 fully saturated rings. The van der Waals surface area contributed by atoms with Crippen molar-refractivity contribution < 1.29 is 13.5 Å². The van der Waals surface area contributed by atoms with Gasteiger partial charge >= 0.3 is 0 Å². The molecule has 2 saturated carbocycles. The van der Waals surface area contributed by atoms with Gasteiger partial charge in [-0.3, -0.25) is 0 Å². The molecule has 0 radical (unpaired) electrons. The summed E-state index contributed by atoms with van der Waals surface area (Å²) in [6.45, 7) is 5.13. The minimum atomic E-state index is -0.611. The average Bonchev–Trinajstić information content (AvgIpc) is 2.87. The third-order valence-corrected chi connectivity index (χ3v) is 8.70. The molecular weight excluding hydrogens is 426 g/mol. The summed E-state index contributed by atoms with van der Waals surface area (Å²) in [5.74, 6) is 0.818. The van der Waals surface area contributed by atoms with Gasteiger partial charge < -0.3 is 4.74 Å². The summed E-state index contributed by atoms with van der Waals surface area (Å²) in [6, 6.07) is 3.74. The fourth-order valence-electron chi connectivity index (χ4n) is 6.56. The van der Waals surface area contributed by atoms with Crippen LogP contribution >= 0.6 is 0 Å². The third kappa shape index (κ3) is 6.39. The highest BCUT2D eigenvalue weighted by Gasteiger charge is 2.29.